The van der Waals surface area contributed by atoms with Crippen LogP contribution in [0, 0.1) is 0 Å². The summed E-state index contributed by atoms with van der Waals surface area (Å²) in [6.07, 6.45) is 0.919. The molecule has 0 radical (unpaired) electrons. The number of carboxylic acids is 1. The van der Waals surface area contributed by atoms with Crippen LogP contribution in [0.1, 0.15) is 5.56 Å². The molecule has 1 atom stereocenters. The maximum Gasteiger partial charge on any atom is 0.322 e. The summed E-state index contributed by atoms with van der Waals surface area (Å²) >= 11 is 0. The third-order valence-electron chi connectivity index (χ3n) is 2.03. The fourth-order valence-electron chi connectivity index (χ4n) is 1.31. The van der Waals surface area contributed by atoms with Crippen LogP contribution in [0.25, 0.3) is 0 Å². The van der Waals surface area contributed by atoms with Crippen LogP contribution in [0.2, 0.25) is 0 Å². The molecule has 1 rings (SSSR count). The Bertz CT molecular complexity index is 494. The highest BCUT2D eigenvalue weighted by Gasteiger charge is 2.21. The van der Waals surface area contributed by atoms with Gasteiger partial charge in [0.05, 0.1) is 6.26 Å². The predicted octanol–water partition coefficient (Wildman–Crippen LogP) is -0.0629. The molecule has 0 saturated carbocycles. The fraction of sp³-hybridized carbons (Fsp3) is 0.300. The average Bonchev–Trinajstić information content (AvgIpc) is 2.18. The van der Waals surface area contributed by atoms with Crippen molar-refractivity contribution in [3.63, 3.8) is 0 Å². The van der Waals surface area contributed by atoms with Gasteiger partial charge in [-0.1, -0.05) is 12.1 Å². The smallest absolute Gasteiger partial charge is 0.322 e. The molecule has 6 nitrogen and oxygen atoms in total. The molecule has 3 N–H and O–H groups in total. The lowest BCUT2D eigenvalue weighted by molar-refractivity contribution is -0.138. The van der Waals surface area contributed by atoms with Gasteiger partial charge in [0, 0.05) is 0 Å². The Kier molecular flexibility index (Phi) is 4.08. The molecular weight excluding hydrogens is 246 g/mol. The number of carboxylic acid groups (broad SMARTS) is 1. The minimum atomic E-state index is -3.58. The van der Waals surface area contributed by atoms with E-state index < -0.39 is 22.0 Å². The highest BCUT2D eigenvalue weighted by atomic mass is 32.2. The Hall–Kier alpha value is -1.60. The highest BCUT2D eigenvalue weighted by molar-refractivity contribution is 7.88. The number of benzene rings is 1. The Labute approximate surface area is 99.0 Å². The second-order valence-corrected chi connectivity index (χ2v) is 5.43. The SMILES string of the molecule is CS(=O)(=O)N[C@H](Cc1ccc(O)cc1)C(=O)O. The largest absolute Gasteiger partial charge is 0.508 e. The number of hydrogen-bond acceptors (Lipinski definition) is 4. The van der Waals surface area contributed by atoms with Crippen molar-refractivity contribution in [2.24, 2.45) is 0 Å². The normalized spacial score (nSPS) is 13.2. The van der Waals surface area contributed by atoms with E-state index in [9.17, 15) is 13.2 Å². The maximum absolute atomic E-state index is 11.0. The van der Waals surface area contributed by atoms with Crippen LogP contribution in [0.15, 0.2) is 24.3 Å². The summed E-state index contributed by atoms with van der Waals surface area (Å²) in [7, 11) is -3.58. The predicted molar refractivity (Wildman–Crippen MR) is 61.2 cm³/mol. The summed E-state index contributed by atoms with van der Waals surface area (Å²) in [5.74, 6) is -1.18. The van der Waals surface area contributed by atoms with Gasteiger partial charge in [-0.25, -0.2) is 13.1 Å². The summed E-state index contributed by atoms with van der Waals surface area (Å²) in [6, 6.07) is 4.68. The number of carbonyl (C=O) groups is 1. The molecule has 0 aliphatic carbocycles. The minimum absolute atomic E-state index is 0.0166. The number of aliphatic carboxylic acids is 1. The second-order valence-electron chi connectivity index (χ2n) is 3.65. The number of nitrogens with one attached hydrogen (secondary N) is 1. The Balaban J connectivity index is 2.80. The molecule has 0 fully saturated rings. The molecule has 94 valence electrons. The van der Waals surface area contributed by atoms with Gasteiger partial charge in [-0.2, -0.15) is 0 Å². The van der Waals surface area contributed by atoms with E-state index in [-0.39, 0.29) is 12.2 Å². The molecule has 1 aromatic rings. The standard InChI is InChI=1S/C10H13NO5S/c1-17(15,16)11-9(10(13)14)6-7-2-4-8(12)5-3-7/h2-5,9,11-12H,6H2,1H3,(H,13,14)/t9-/m1/s1. The van der Waals surface area contributed by atoms with Gasteiger partial charge >= 0.3 is 5.97 Å². The first-order valence-corrected chi connectivity index (χ1v) is 6.65. The minimum Gasteiger partial charge on any atom is -0.508 e. The van der Waals surface area contributed by atoms with E-state index in [0.717, 1.165) is 6.26 Å². The van der Waals surface area contributed by atoms with Crippen molar-refractivity contribution in [1.82, 2.24) is 4.72 Å². The lowest BCUT2D eigenvalue weighted by Gasteiger charge is -2.12. The van der Waals surface area contributed by atoms with Crippen molar-refractivity contribution in [2.45, 2.75) is 12.5 Å². The summed E-state index contributed by atoms with van der Waals surface area (Å²) in [5.41, 5.74) is 0.617. The molecule has 7 heteroatoms. The van der Waals surface area contributed by atoms with Crippen LogP contribution in [0.4, 0.5) is 0 Å². The van der Waals surface area contributed by atoms with Crippen LogP contribution in [-0.2, 0) is 21.2 Å². The quantitative estimate of drug-likeness (QED) is 0.687. The van der Waals surface area contributed by atoms with Crippen molar-refractivity contribution in [3.8, 4) is 5.75 Å². The number of rotatable bonds is 5. The van der Waals surface area contributed by atoms with Gasteiger partial charge in [-0.15, -0.1) is 0 Å². The van der Waals surface area contributed by atoms with E-state index in [1.807, 2.05) is 4.72 Å². The molecule has 0 spiro atoms. The molecule has 0 saturated heterocycles. The zero-order chi connectivity index (χ0) is 13.1. The third-order valence-corrected chi connectivity index (χ3v) is 2.74. The molecule has 0 aliphatic rings. The third kappa shape index (κ3) is 4.83. The van der Waals surface area contributed by atoms with Crippen LogP contribution in [-0.4, -0.2) is 36.9 Å². The Morgan fingerprint density at radius 3 is 2.29 bits per heavy atom. The van der Waals surface area contributed by atoms with E-state index in [1.165, 1.54) is 24.3 Å². The summed E-state index contributed by atoms with van der Waals surface area (Å²) in [4.78, 5) is 10.9. The Morgan fingerprint density at radius 2 is 1.88 bits per heavy atom. The molecule has 0 heterocycles. The lowest BCUT2D eigenvalue weighted by Crippen LogP contribution is -2.41. The van der Waals surface area contributed by atoms with Crippen LogP contribution < -0.4 is 4.72 Å². The number of hydrogen-bond donors (Lipinski definition) is 3. The number of sulfonamides is 1. The van der Waals surface area contributed by atoms with E-state index in [2.05, 4.69) is 0 Å². The number of phenols is 1. The van der Waals surface area contributed by atoms with E-state index >= 15 is 0 Å². The first kappa shape index (κ1) is 13.5. The Morgan fingerprint density at radius 1 is 1.35 bits per heavy atom. The molecule has 0 aromatic heterocycles. The zero-order valence-electron chi connectivity index (χ0n) is 9.12. The molecule has 0 bridgehead atoms. The van der Waals surface area contributed by atoms with Gasteiger partial charge in [0.25, 0.3) is 0 Å². The summed E-state index contributed by atoms with van der Waals surface area (Å²) in [6.45, 7) is 0. The van der Waals surface area contributed by atoms with Gasteiger partial charge in [0.1, 0.15) is 11.8 Å². The van der Waals surface area contributed by atoms with Gasteiger partial charge in [-0.05, 0) is 24.1 Å². The van der Waals surface area contributed by atoms with Crippen LogP contribution in [0.5, 0.6) is 5.75 Å². The second kappa shape index (κ2) is 5.15. The molecule has 17 heavy (non-hydrogen) atoms. The average molecular weight is 259 g/mol. The topological polar surface area (TPSA) is 104 Å². The fourth-order valence-corrected chi connectivity index (χ4v) is 2.01. The van der Waals surface area contributed by atoms with Crippen molar-refractivity contribution in [3.05, 3.63) is 29.8 Å². The maximum atomic E-state index is 11.0. The molecule has 1 aromatic carbocycles. The molecule has 0 unspecified atom stereocenters. The van der Waals surface area contributed by atoms with Crippen molar-refractivity contribution in [2.75, 3.05) is 6.26 Å². The van der Waals surface area contributed by atoms with Gasteiger partial charge < -0.3 is 10.2 Å². The number of phenolic OH excluding ortho intramolecular Hbond substituents is 1. The summed E-state index contributed by atoms with van der Waals surface area (Å²) < 4.78 is 24.0. The van der Waals surface area contributed by atoms with Crippen LogP contribution in [0.3, 0.4) is 0 Å². The van der Waals surface area contributed by atoms with E-state index in [1.54, 1.807) is 0 Å². The van der Waals surface area contributed by atoms with Crippen molar-refractivity contribution in [1.29, 1.82) is 0 Å². The van der Waals surface area contributed by atoms with Gasteiger partial charge in [0.15, 0.2) is 0 Å². The van der Waals surface area contributed by atoms with E-state index in [0.29, 0.717) is 5.56 Å². The van der Waals surface area contributed by atoms with Crippen molar-refractivity contribution >= 4 is 16.0 Å². The molecule has 0 aliphatic heterocycles. The lowest BCUT2D eigenvalue weighted by atomic mass is 10.1. The monoisotopic (exact) mass is 259 g/mol. The number of aromatic hydroxyl groups is 1. The summed E-state index contributed by atoms with van der Waals surface area (Å²) in [5, 5.41) is 17.9. The van der Waals surface area contributed by atoms with Gasteiger partial charge in [0.2, 0.25) is 10.0 Å². The highest BCUT2D eigenvalue weighted by Crippen LogP contribution is 2.11. The van der Waals surface area contributed by atoms with E-state index in [4.69, 9.17) is 10.2 Å². The molecule has 0 amide bonds. The van der Waals surface area contributed by atoms with Gasteiger partial charge in [-0.3, -0.25) is 4.79 Å². The van der Waals surface area contributed by atoms with Crippen LogP contribution >= 0.6 is 0 Å². The first-order valence-electron chi connectivity index (χ1n) is 4.76. The molecular formula is C10H13NO5S. The van der Waals surface area contributed by atoms with Crippen molar-refractivity contribution < 1.29 is 23.4 Å². The zero-order valence-corrected chi connectivity index (χ0v) is 9.94. The first-order chi connectivity index (χ1) is 7.78.